The van der Waals surface area contributed by atoms with E-state index in [1.165, 1.54) is 51.0 Å². The lowest BCUT2D eigenvalue weighted by atomic mass is 10.00. The molecule has 0 atom stereocenters. The molecular weight excluding hydrogens is 368 g/mol. The third-order valence-corrected chi connectivity index (χ3v) is 5.32. The number of aryl methyl sites for hydroxylation is 1. The SMILES string of the molecule is CCCCCCCCCc1cc(O)c(O)c(C(=O)O)c1OCCCCCCCC. The zero-order chi connectivity index (χ0) is 21.5. The number of hydrogen-bond acceptors (Lipinski definition) is 4. The number of ether oxygens (including phenoxy) is 1. The van der Waals surface area contributed by atoms with E-state index in [1.54, 1.807) is 0 Å². The lowest BCUT2D eigenvalue weighted by Gasteiger charge is -2.16. The van der Waals surface area contributed by atoms with Crippen LogP contribution in [-0.2, 0) is 6.42 Å². The molecule has 0 bridgehead atoms. The van der Waals surface area contributed by atoms with Crippen molar-refractivity contribution < 1.29 is 24.9 Å². The number of phenolic OH excluding ortho intramolecular Hbond substituents is 1. The maximum atomic E-state index is 11.7. The highest BCUT2D eigenvalue weighted by Gasteiger charge is 2.24. The fourth-order valence-electron chi connectivity index (χ4n) is 3.57. The Morgan fingerprint density at radius 2 is 1.34 bits per heavy atom. The number of unbranched alkanes of at least 4 members (excludes halogenated alkanes) is 11. The van der Waals surface area contributed by atoms with Gasteiger partial charge in [0.1, 0.15) is 11.3 Å². The lowest BCUT2D eigenvalue weighted by molar-refractivity contribution is 0.0687. The van der Waals surface area contributed by atoms with Crippen molar-refractivity contribution in [3.05, 3.63) is 17.2 Å². The third-order valence-electron chi connectivity index (χ3n) is 5.32. The van der Waals surface area contributed by atoms with E-state index in [1.807, 2.05) is 0 Å². The minimum Gasteiger partial charge on any atom is -0.504 e. The number of aromatic carboxylic acids is 1. The summed E-state index contributed by atoms with van der Waals surface area (Å²) in [7, 11) is 0. The Morgan fingerprint density at radius 3 is 1.90 bits per heavy atom. The molecule has 0 aromatic heterocycles. The molecule has 5 nitrogen and oxygen atoms in total. The fourth-order valence-corrected chi connectivity index (χ4v) is 3.57. The van der Waals surface area contributed by atoms with E-state index >= 15 is 0 Å². The average Bonchev–Trinajstić information content (AvgIpc) is 2.69. The number of carboxylic acids is 1. The van der Waals surface area contributed by atoms with Gasteiger partial charge in [0.2, 0.25) is 0 Å². The summed E-state index contributed by atoms with van der Waals surface area (Å²) < 4.78 is 5.83. The first-order valence-electron chi connectivity index (χ1n) is 11.5. The summed E-state index contributed by atoms with van der Waals surface area (Å²) in [5.74, 6) is -2.07. The molecule has 0 saturated carbocycles. The van der Waals surface area contributed by atoms with Crippen molar-refractivity contribution in [2.75, 3.05) is 6.61 Å². The second kappa shape index (κ2) is 15.0. The molecule has 166 valence electrons. The fraction of sp³-hybridized carbons (Fsp3) is 0.708. The molecule has 1 rings (SSSR count). The Bertz CT molecular complexity index is 597. The van der Waals surface area contributed by atoms with Gasteiger partial charge in [-0.2, -0.15) is 0 Å². The van der Waals surface area contributed by atoms with Crippen LogP contribution < -0.4 is 4.74 Å². The van der Waals surface area contributed by atoms with Crippen LogP contribution in [0.4, 0.5) is 0 Å². The highest BCUT2D eigenvalue weighted by molar-refractivity contribution is 5.95. The molecule has 0 saturated heterocycles. The molecule has 0 aliphatic heterocycles. The number of benzene rings is 1. The van der Waals surface area contributed by atoms with Gasteiger partial charge in [-0.05, 0) is 30.9 Å². The summed E-state index contributed by atoms with van der Waals surface area (Å²) in [6, 6.07) is 1.45. The number of hydrogen-bond donors (Lipinski definition) is 3. The highest BCUT2D eigenvalue weighted by atomic mass is 16.5. The van der Waals surface area contributed by atoms with E-state index in [9.17, 15) is 20.1 Å². The van der Waals surface area contributed by atoms with Gasteiger partial charge in [0.15, 0.2) is 11.5 Å². The molecule has 0 spiro atoms. The number of phenols is 2. The van der Waals surface area contributed by atoms with Crippen LogP contribution in [0.2, 0.25) is 0 Å². The van der Waals surface area contributed by atoms with Crippen LogP contribution in [-0.4, -0.2) is 27.9 Å². The van der Waals surface area contributed by atoms with Crippen molar-refractivity contribution in [3.63, 3.8) is 0 Å². The summed E-state index contributed by atoms with van der Waals surface area (Å²) in [6.07, 6.45) is 15.4. The van der Waals surface area contributed by atoms with Gasteiger partial charge in [0, 0.05) is 0 Å². The number of carboxylic acid groups (broad SMARTS) is 1. The molecule has 0 radical (unpaired) electrons. The van der Waals surface area contributed by atoms with E-state index in [0.717, 1.165) is 38.5 Å². The molecule has 0 unspecified atom stereocenters. The van der Waals surface area contributed by atoms with Crippen LogP contribution in [0, 0.1) is 0 Å². The lowest BCUT2D eigenvalue weighted by Crippen LogP contribution is -2.08. The van der Waals surface area contributed by atoms with Crippen molar-refractivity contribution in [2.45, 2.75) is 104 Å². The van der Waals surface area contributed by atoms with Gasteiger partial charge in [-0.25, -0.2) is 4.79 Å². The Kier molecular flexibility index (Phi) is 13.0. The minimum atomic E-state index is -1.28. The van der Waals surface area contributed by atoms with Gasteiger partial charge in [0.05, 0.1) is 6.61 Å². The smallest absolute Gasteiger partial charge is 0.343 e. The molecule has 3 N–H and O–H groups in total. The standard InChI is InChI=1S/C24H40O5/c1-3-5-7-9-11-12-14-16-19-18-20(25)22(26)21(24(27)28)23(19)29-17-15-13-10-8-6-4-2/h18,25-26H,3-17H2,1-2H3,(H,27,28). The molecule has 29 heavy (non-hydrogen) atoms. The summed E-state index contributed by atoms with van der Waals surface area (Å²) in [6.45, 7) is 4.80. The molecule has 1 aromatic rings. The second-order valence-electron chi connectivity index (χ2n) is 7.90. The quantitative estimate of drug-likeness (QED) is 0.194. The Morgan fingerprint density at radius 1 is 0.828 bits per heavy atom. The second-order valence-corrected chi connectivity index (χ2v) is 7.90. The van der Waals surface area contributed by atoms with Crippen LogP contribution in [0.3, 0.4) is 0 Å². The summed E-state index contributed by atoms with van der Waals surface area (Å²) >= 11 is 0. The van der Waals surface area contributed by atoms with Crippen molar-refractivity contribution in [1.29, 1.82) is 0 Å². The Labute approximate surface area is 176 Å². The monoisotopic (exact) mass is 408 g/mol. The predicted octanol–water partition coefficient (Wildman–Crippen LogP) is 6.83. The first-order valence-corrected chi connectivity index (χ1v) is 11.5. The van der Waals surface area contributed by atoms with Gasteiger partial charge >= 0.3 is 5.97 Å². The Balaban J connectivity index is 2.69. The molecule has 5 heteroatoms. The van der Waals surface area contributed by atoms with Gasteiger partial charge in [-0.15, -0.1) is 0 Å². The maximum Gasteiger partial charge on any atom is 0.343 e. The number of aromatic hydroxyl groups is 2. The minimum absolute atomic E-state index is 0.215. The predicted molar refractivity (Wildman–Crippen MR) is 117 cm³/mol. The molecule has 0 aliphatic rings. The van der Waals surface area contributed by atoms with E-state index in [2.05, 4.69) is 13.8 Å². The van der Waals surface area contributed by atoms with Crippen molar-refractivity contribution in [3.8, 4) is 17.2 Å². The van der Waals surface area contributed by atoms with E-state index in [0.29, 0.717) is 18.6 Å². The average molecular weight is 409 g/mol. The summed E-state index contributed by atoms with van der Waals surface area (Å²) in [4.78, 5) is 11.7. The number of rotatable bonds is 17. The normalized spacial score (nSPS) is 11.0. The third kappa shape index (κ3) is 9.42. The molecule has 0 aliphatic carbocycles. The zero-order valence-corrected chi connectivity index (χ0v) is 18.3. The summed E-state index contributed by atoms with van der Waals surface area (Å²) in [5, 5.41) is 29.6. The molecule has 1 aromatic carbocycles. The van der Waals surface area contributed by atoms with Gasteiger partial charge in [0.25, 0.3) is 0 Å². The van der Waals surface area contributed by atoms with Crippen LogP contribution in [0.25, 0.3) is 0 Å². The first-order chi connectivity index (χ1) is 14.0. The molecule has 0 heterocycles. The van der Waals surface area contributed by atoms with Gasteiger partial charge in [-0.1, -0.05) is 84.5 Å². The molecular formula is C24H40O5. The van der Waals surface area contributed by atoms with Crippen molar-refractivity contribution in [2.24, 2.45) is 0 Å². The maximum absolute atomic E-state index is 11.7. The highest BCUT2D eigenvalue weighted by Crippen LogP contribution is 2.40. The molecule has 0 fully saturated rings. The topological polar surface area (TPSA) is 87.0 Å². The molecule has 0 amide bonds. The van der Waals surface area contributed by atoms with Crippen molar-refractivity contribution >= 4 is 5.97 Å². The van der Waals surface area contributed by atoms with Crippen LogP contribution in [0.1, 0.15) is 113 Å². The largest absolute Gasteiger partial charge is 0.504 e. The van der Waals surface area contributed by atoms with Gasteiger partial charge in [-0.3, -0.25) is 0 Å². The summed E-state index contributed by atoms with van der Waals surface area (Å²) in [5.41, 5.74) is 0.339. The van der Waals surface area contributed by atoms with Crippen LogP contribution >= 0.6 is 0 Å². The zero-order valence-electron chi connectivity index (χ0n) is 18.3. The Hall–Kier alpha value is -1.91. The van der Waals surface area contributed by atoms with Crippen LogP contribution in [0.5, 0.6) is 17.2 Å². The van der Waals surface area contributed by atoms with Crippen molar-refractivity contribution in [1.82, 2.24) is 0 Å². The van der Waals surface area contributed by atoms with E-state index < -0.39 is 17.5 Å². The van der Waals surface area contributed by atoms with Crippen LogP contribution in [0.15, 0.2) is 6.07 Å². The van der Waals surface area contributed by atoms with Gasteiger partial charge < -0.3 is 20.1 Å². The number of carbonyl (C=O) groups is 1. The first kappa shape index (κ1) is 25.1. The van der Waals surface area contributed by atoms with E-state index in [-0.39, 0.29) is 11.3 Å². The van der Waals surface area contributed by atoms with E-state index in [4.69, 9.17) is 4.74 Å².